The van der Waals surface area contributed by atoms with E-state index in [-0.39, 0.29) is 6.04 Å². The van der Waals surface area contributed by atoms with Crippen molar-refractivity contribution in [2.75, 3.05) is 13.2 Å². The molecule has 0 spiro atoms. The number of fused-ring (bicyclic) bond motifs is 1. The SMILES string of the molecule is CC(N)c1nc(CN2CCOc3ccccc3C2)cs1. The summed E-state index contributed by atoms with van der Waals surface area (Å²) in [6.45, 7) is 5.36. The lowest BCUT2D eigenvalue weighted by atomic mass is 10.2. The van der Waals surface area contributed by atoms with Crippen molar-refractivity contribution in [3.8, 4) is 5.75 Å². The number of ether oxygens (including phenoxy) is 1. The third-order valence-electron chi connectivity index (χ3n) is 3.38. The first kappa shape index (κ1) is 13.5. The van der Waals surface area contributed by atoms with Crippen LogP contribution in [0.1, 0.15) is 29.2 Å². The molecule has 1 aromatic heterocycles. The second-order valence-electron chi connectivity index (χ2n) is 5.13. The first-order valence-corrected chi connectivity index (χ1v) is 7.73. The molecule has 0 aliphatic carbocycles. The number of hydrogen-bond acceptors (Lipinski definition) is 5. The zero-order chi connectivity index (χ0) is 13.9. The zero-order valence-electron chi connectivity index (χ0n) is 11.6. The maximum absolute atomic E-state index is 5.86. The molecule has 0 fully saturated rings. The standard InChI is InChI=1S/C15H19N3OS/c1-11(16)15-17-13(10-20-15)9-18-6-7-19-14-5-3-2-4-12(14)8-18/h2-5,10-11H,6-9,16H2,1H3. The van der Waals surface area contributed by atoms with Crippen molar-refractivity contribution in [1.29, 1.82) is 0 Å². The highest BCUT2D eigenvalue weighted by atomic mass is 32.1. The average molecular weight is 289 g/mol. The minimum atomic E-state index is 0.0157. The van der Waals surface area contributed by atoms with Crippen LogP contribution in [0.2, 0.25) is 0 Å². The molecule has 5 heteroatoms. The molecule has 1 unspecified atom stereocenters. The Morgan fingerprint density at radius 1 is 1.45 bits per heavy atom. The van der Waals surface area contributed by atoms with E-state index in [1.54, 1.807) is 11.3 Å². The molecule has 2 N–H and O–H groups in total. The average Bonchev–Trinajstić information content (AvgIpc) is 2.80. The molecular weight excluding hydrogens is 270 g/mol. The number of benzene rings is 1. The molecular formula is C15H19N3OS. The number of thiazole rings is 1. The van der Waals surface area contributed by atoms with Gasteiger partial charge in [-0.3, -0.25) is 4.90 Å². The molecule has 1 aliphatic heterocycles. The second-order valence-corrected chi connectivity index (χ2v) is 6.02. The fourth-order valence-electron chi connectivity index (χ4n) is 2.35. The van der Waals surface area contributed by atoms with Gasteiger partial charge < -0.3 is 10.5 Å². The fraction of sp³-hybridized carbons (Fsp3) is 0.400. The largest absolute Gasteiger partial charge is 0.492 e. The minimum Gasteiger partial charge on any atom is -0.492 e. The van der Waals surface area contributed by atoms with Gasteiger partial charge >= 0.3 is 0 Å². The van der Waals surface area contributed by atoms with Gasteiger partial charge in [0.15, 0.2) is 0 Å². The first-order valence-electron chi connectivity index (χ1n) is 6.85. The summed E-state index contributed by atoms with van der Waals surface area (Å²) in [5.41, 5.74) is 8.20. The van der Waals surface area contributed by atoms with Gasteiger partial charge in [0, 0.05) is 30.6 Å². The molecule has 0 bridgehead atoms. The van der Waals surface area contributed by atoms with Gasteiger partial charge in [-0.25, -0.2) is 4.98 Å². The van der Waals surface area contributed by atoms with E-state index < -0.39 is 0 Å². The number of rotatable bonds is 3. The number of para-hydroxylation sites is 1. The maximum atomic E-state index is 5.86. The van der Waals surface area contributed by atoms with Crippen LogP contribution < -0.4 is 10.5 Å². The van der Waals surface area contributed by atoms with E-state index in [0.717, 1.165) is 42.7 Å². The molecule has 2 heterocycles. The van der Waals surface area contributed by atoms with Crippen LogP contribution in [-0.2, 0) is 13.1 Å². The zero-order valence-corrected chi connectivity index (χ0v) is 12.4. The predicted octanol–water partition coefficient (Wildman–Crippen LogP) is 2.56. The van der Waals surface area contributed by atoms with Crippen LogP contribution in [0.15, 0.2) is 29.6 Å². The summed E-state index contributed by atoms with van der Waals surface area (Å²) in [5, 5.41) is 3.11. The van der Waals surface area contributed by atoms with Crippen LogP contribution in [0.4, 0.5) is 0 Å². The summed E-state index contributed by atoms with van der Waals surface area (Å²) in [6, 6.07) is 8.26. The van der Waals surface area contributed by atoms with Gasteiger partial charge in [-0.1, -0.05) is 18.2 Å². The maximum Gasteiger partial charge on any atom is 0.123 e. The lowest BCUT2D eigenvalue weighted by Gasteiger charge is -2.17. The summed E-state index contributed by atoms with van der Waals surface area (Å²) >= 11 is 1.64. The minimum absolute atomic E-state index is 0.0157. The second kappa shape index (κ2) is 5.91. The third kappa shape index (κ3) is 3.00. The van der Waals surface area contributed by atoms with E-state index >= 15 is 0 Å². The third-order valence-corrected chi connectivity index (χ3v) is 4.47. The smallest absolute Gasteiger partial charge is 0.123 e. The molecule has 20 heavy (non-hydrogen) atoms. The lowest BCUT2D eigenvalue weighted by molar-refractivity contribution is 0.218. The van der Waals surface area contributed by atoms with Crippen LogP contribution in [0.25, 0.3) is 0 Å². The van der Waals surface area contributed by atoms with Crippen molar-refractivity contribution in [2.24, 2.45) is 5.73 Å². The molecule has 0 amide bonds. The summed E-state index contributed by atoms with van der Waals surface area (Å²) in [5.74, 6) is 1.00. The summed E-state index contributed by atoms with van der Waals surface area (Å²) < 4.78 is 5.78. The van der Waals surface area contributed by atoms with Crippen molar-refractivity contribution in [1.82, 2.24) is 9.88 Å². The number of nitrogens with zero attached hydrogens (tertiary/aromatic N) is 2. The van der Waals surface area contributed by atoms with Crippen LogP contribution >= 0.6 is 11.3 Å². The molecule has 106 valence electrons. The predicted molar refractivity (Wildman–Crippen MR) is 80.8 cm³/mol. The Hall–Kier alpha value is -1.43. The Bertz CT molecular complexity index is 582. The number of aromatic nitrogens is 1. The van der Waals surface area contributed by atoms with Crippen molar-refractivity contribution < 1.29 is 4.74 Å². The molecule has 1 aliphatic rings. The normalized spacial score (nSPS) is 17.1. The van der Waals surface area contributed by atoms with Crippen LogP contribution in [0, 0.1) is 0 Å². The lowest BCUT2D eigenvalue weighted by Crippen LogP contribution is -2.25. The van der Waals surface area contributed by atoms with Gasteiger partial charge in [0.25, 0.3) is 0 Å². The number of nitrogens with two attached hydrogens (primary N) is 1. The Morgan fingerprint density at radius 2 is 2.30 bits per heavy atom. The van der Waals surface area contributed by atoms with Gasteiger partial charge in [-0.2, -0.15) is 0 Å². The van der Waals surface area contributed by atoms with E-state index in [4.69, 9.17) is 10.5 Å². The Labute approximate surface area is 123 Å². The van der Waals surface area contributed by atoms with Gasteiger partial charge in [0.05, 0.1) is 11.7 Å². The number of hydrogen-bond donors (Lipinski definition) is 1. The van der Waals surface area contributed by atoms with E-state index in [2.05, 4.69) is 27.4 Å². The monoisotopic (exact) mass is 289 g/mol. The quantitative estimate of drug-likeness (QED) is 0.943. The Kier molecular flexibility index (Phi) is 4.00. The highest BCUT2D eigenvalue weighted by Gasteiger charge is 2.16. The molecule has 0 saturated carbocycles. The van der Waals surface area contributed by atoms with Crippen molar-refractivity contribution >= 4 is 11.3 Å². The Balaban J connectivity index is 1.71. The van der Waals surface area contributed by atoms with E-state index in [1.807, 2.05) is 19.1 Å². The van der Waals surface area contributed by atoms with Crippen LogP contribution in [0.3, 0.4) is 0 Å². The van der Waals surface area contributed by atoms with Crippen LogP contribution in [-0.4, -0.2) is 23.0 Å². The molecule has 0 radical (unpaired) electrons. The molecule has 1 atom stereocenters. The molecule has 1 aromatic carbocycles. The van der Waals surface area contributed by atoms with Gasteiger partial charge in [0.2, 0.25) is 0 Å². The highest BCUT2D eigenvalue weighted by molar-refractivity contribution is 7.09. The van der Waals surface area contributed by atoms with Crippen LogP contribution in [0.5, 0.6) is 5.75 Å². The van der Waals surface area contributed by atoms with Gasteiger partial charge in [-0.05, 0) is 13.0 Å². The molecule has 0 saturated heterocycles. The van der Waals surface area contributed by atoms with Gasteiger partial charge in [-0.15, -0.1) is 11.3 Å². The van der Waals surface area contributed by atoms with E-state index in [0.29, 0.717) is 0 Å². The fourth-order valence-corrected chi connectivity index (χ4v) is 3.12. The highest BCUT2D eigenvalue weighted by Crippen LogP contribution is 2.24. The van der Waals surface area contributed by atoms with Crippen molar-refractivity contribution in [3.05, 3.63) is 45.9 Å². The Morgan fingerprint density at radius 3 is 3.10 bits per heavy atom. The summed E-state index contributed by atoms with van der Waals surface area (Å²) in [6.07, 6.45) is 0. The topological polar surface area (TPSA) is 51.4 Å². The van der Waals surface area contributed by atoms with E-state index in [1.165, 1.54) is 5.56 Å². The molecule has 3 rings (SSSR count). The molecule has 2 aromatic rings. The van der Waals surface area contributed by atoms with Crippen molar-refractivity contribution in [2.45, 2.75) is 26.1 Å². The molecule has 4 nitrogen and oxygen atoms in total. The van der Waals surface area contributed by atoms with E-state index in [9.17, 15) is 0 Å². The summed E-state index contributed by atoms with van der Waals surface area (Å²) in [7, 11) is 0. The van der Waals surface area contributed by atoms with Crippen molar-refractivity contribution in [3.63, 3.8) is 0 Å². The first-order chi connectivity index (χ1) is 9.72. The summed E-state index contributed by atoms with van der Waals surface area (Å²) in [4.78, 5) is 6.97. The van der Waals surface area contributed by atoms with Gasteiger partial charge in [0.1, 0.15) is 17.4 Å².